The fourth-order valence-corrected chi connectivity index (χ4v) is 10.4. The molecule has 1 unspecified atom stereocenters. The number of carboxylic acids is 1. The molecule has 0 heterocycles. The minimum Gasteiger partial charge on any atom is -0.481 e. The van der Waals surface area contributed by atoms with Crippen LogP contribution < -0.4 is 0 Å². The maximum Gasteiger partial charge on any atom is 0.310 e. The van der Waals surface area contributed by atoms with E-state index in [2.05, 4.69) is 54.5 Å². The van der Waals surface area contributed by atoms with Crippen LogP contribution in [-0.2, 0) is 9.59 Å². The lowest BCUT2D eigenvalue weighted by atomic mass is 9.33. The van der Waals surface area contributed by atoms with E-state index in [9.17, 15) is 14.7 Å². The molecule has 0 spiro atoms. The fraction of sp³-hybridized carbons (Fsp3) is 0.867. The van der Waals surface area contributed by atoms with E-state index in [1.54, 1.807) is 0 Å². The molecule has 4 saturated carbocycles. The van der Waals surface area contributed by atoms with Gasteiger partial charge in [-0.15, -0.1) is 0 Å². The molecule has 0 bridgehead atoms. The zero-order valence-corrected chi connectivity index (χ0v) is 22.1. The highest BCUT2D eigenvalue weighted by molar-refractivity contribution is 5.85. The van der Waals surface area contributed by atoms with Crippen LogP contribution in [0.3, 0.4) is 0 Å². The Morgan fingerprint density at radius 1 is 0.909 bits per heavy atom. The maximum atomic E-state index is 12.9. The molecule has 4 fully saturated rings. The van der Waals surface area contributed by atoms with Gasteiger partial charge in [-0.05, 0) is 97.2 Å². The number of rotatable bonds is 1. The number of aliphatic carboxylic acids is 1. The number of carbonyl (C=O) groups is 2. The highest BCUT2D eigenvalue weighted by atomic mass is 16.4. The zero-order valence-electron chi connectivity index (χ0n) is 22.1. The highest BCUT2D eigenvalue weighted by Crippen LogP contribution is 2.75. The Kier molecular flexibility index (Phi) is 4.83. The van der Waals surface area contributed by atoms with Crippen molar-refractivity contribution in [3.8, 4) is 0 Å². The standard InChI is InChI=1S/C30H46O3/c1-25(2)14-16-30(24(32)33)17-15-28(6)19(20(30)18-25)8-9-22-27(5)12-11-23(31)26(3,4)21(27)10-13-29(22,28)7/h8,20-22H,9-18H2,1-7H3,(H,32,33)/t20-,21?,22+,27-,28+,29+,30-/m0/s1. The first-order chi connectivity index (χ1) is 15.1. The van der Waals surface area contributed by atoms with E-state index in [1.165, 1.54) is 12.0 Å². The van der Waals surface area contributed by atoms with Crippen LogP contribution in [0.2, 0.25) is 0 Å². The van der Waals surface area contributed by atoms with Gasteiger partial charge in [-0.1, -0.05) is 60.1 Å². The SMILES string of the molecule is CC1(C)CC[C@]2(C(=O)O)CC[C@]3(C)C(=CC[C@@H]4[C@@]5(C)CCC(=O)C(C)(C)C5CC[C@]43C)[C@@H]2C1. The van der Waals surface area contributed by atoms with Crippen LogP contribution in [0.25, 0.3) is 0 Å². The van der Waals surface area contributed by atoms with Crippen LogP contribution in [0.1, 0.15) is 113 Å². The Morgan fingerprint density at radius 3 is 2.24 bits per heavy atom. The van der Waals surface area contributed by atoms with E-state index in [1.807, 2.05) is 0 Å². The van der Waals surface area contributed by atoms with Crippen molar-refractivity contribution in [2.24, 2.45) is 50.2 Å². The number of allylic oxidation sites excluding steroid dienone is 2. The number of hydrogen-bond donors (Lipinski definition) is 1. The fourth-order valence-electron chi connectivity index (χ4n) is 10.4. The van der Waals surface area contributed by atoms with Gasteiger partial charge in [0, 0.05) is 11.8 Å². The molecule has 184 valence electrons. The van der Waals surface area contributed by atoms with Gasteiger partial charge in [-0.25, -0.2) is 0 Å². The Bertz CT molecular complexity index is 927. The molecule has 0 aliphatic heterocycles. The van der Waals surface area contributed by atoms with E-state index in [4.69, 9.17) is 0 Å². The number of fused-ring (bicyclic) bond motifs is 7. The number of carboxylic acid groups (broad SMARTS) is 1. The quantitative estimate of drug-likeness (QED) is 0.419. The molecule has 3 nitrogen and oxygen atoms in total. The van der Waals surface area contributed by atoms with Crippen molar-refractivity contribution in [3.63, 3.8) is 0 Å². The summed E-state index contributed by atoms with van der Waals surface area (Å²) < 4.78 is 0. The molecule has 7 atom stereocenters. The van der Waals surface area contributed by atoms with Gasteiger partial charge in [0.25, 0.3) is 0 Å². The van der Waals surface area contributed by atoms with Crippen LogP contribution in [-0.4, -0.2) is 16.9 Å². The third-order valence-electron chi connectivity index (χ3n) is 12.8. The van der Waals surface area contributed by atoms with Crippen LogP contribution in [0, 0.1) is 50.2 Å². The summed E-state index contributed by atoms with van der Waals surface area (Å²) in [5.41, 5.74) is 1.33. The molecule has 33 heavy (non-hydrogen) atoms. The molecule has 1 N–H and O–H groups in total. The van der Waals surface area contributed by atoms with Crippen LogP contribution in [0.15, 0.2) is 11.6 Å². The van der Waals surface area contributed by atoms with E-state index in [0.717, 1.165) is 57.8 Å². The molecule has 5 aliphatic carbocycles. The first-order valence-corrected chi connectivity index (χ1v) is 13.6. The molecule has 3 heteroatoms. The molecule has 0 saturated heterocycles. The van der Waals surface area contributed by atoms with Gasteiger partial charge in [0.2, 0.25) is 0 Å². The van der Waals surface area contributed by atoms with Crippen molar-refractivity contribution >= 4 is 11.8 Å². The predicted octanol–water partition coefficient (Wildman–Crippen LogP) is 7.44. The summed E-state index contributed by atoms with van der Waals surface area (Å²) >= 11 is 0. The number of hydrogen-bond acceptors (Lipinski definition) is 2. The monoisotopic (exact) mass is 454 g/mol. The van der Waals surface area contributed by atoms with Crippen LogP contribution >= 0.6 is 0 Å². The van der Waals surface area contributed by atoms with Crippen molar-refractivity contribution in [3.05, 3.63) is 11.6 Å². The van der Waals surface area contributed by atoms with Gasteiger partial charge in [-0.3, -0.25) is 9.59 Å². The minimum atomic E-state index is -0.565. The Balaban J connectivity index is 1.60. The molecule has 0 radical (unpaired) electrons. The van der Waals surface area contributed by atoms with Crippen molar-refractivity contribution in [1.82, 2.24) is 0 Å². The summed E-state index contributed by atoms with van der Waals surface area (Å²) in [6.45, 7) is 16.6. The number of carbonyl (C=O) groups excluding carboxylic acids is 1. The molecule has 0 aromatic heterocycles. The molecule has 0 amide bonds. The lowest BCUT2D eigenvalue weighted by Gasteiger charge is -2.70. The zero-order chi connectivity index (χ0) is 24.2. The first-order valence-electron chi connectivity index (χ1n) is 13.6. The van der Waals surface area contributed by atoms with Crippen molar-refractivity contribution in [1.29, 1.82) is 0 Å². The molecule has 0 aromatic rings. The van der Waals surface area contributed by atoms with E-state index in [-0.39, 0.29) is 33.0 Å². The molecular formula is C30H46O3. The lowest BCUT2D eigenvalue weighted by Crippen LogP contribution is -2.64. The summed E-state index contributed by atoms with van der Waals surface area (Å²) in [6, 6.07) is 0. The average molecular weight is 455 g/mol. The number of ketones is 1. The van der Waals surface area contributed by atoms with Gasteiger partial charge in [0.1, 0.15) is 5.78 Å². The Morgan fingerprint density at radius 2 is 1.58 bits per heavy atom. The van der Waals surface area contributed by atoms with Crippen LogP contribution in [0.4, 0.5) is 0 Å². The van der Waals surface area contributed by atoms with Gasteiger partial charge in [0.05, 0.1) is 5.41 Å². The Hall–Kier alpha value is -1.12. The third-order valence-corrected chi connectivity index (χ3v) is 12.8. The second kappa shape index (κ2) is 6.76. The van der Waals surface area contributed by atoms with E-state index >= 15 is 0 Å². The number of Topliss-reactive ketones (excluding diaryl/α,β-unsaturated/α-hetero) is 1. The van der Waals surface area contributed by atoms with Gasteiger partial charge in [-0.2, -0.15) is 0 Å². The Labute approximate surface area is 201 Å². The van der Waals surface area contributed by atoms with E-state index < -0.39 is 11.4 Å². The smallest absolute Gasteiger partial charge is 0.310 e. The third kappa shape index (κ3) is 2.80. The summed E-state index contributed by atoms with van der Waals surface area (Å²) in [7, 11) is 0. The predicted molar refractivity (Wildman–Crippen MR) is 132 cm³/mol. The summed E-state index contributed by atoms with van der Waals surface area (Å²) in [5.74, 6) is 1.10. The largest absolute Gasteiger partial charge is 0.481 e. The molecule has 5 rings (SSSR count). The lowest BCUT2D eigenvalue weighted by molar-refractivity contribution is -0.189. The van der Waals surface area contributed by atoms with Gasteiger partial charge >= 0.3 is 5.97 Å². The minimum absolute atomic E-state index is 0.0620. The normalized spacial score (nSPS) is 50.2. The van der Waals surface area contributed by atoms with E-state index in [0.29, 0.717) is 17.6 Å². The average Bonchev–Trinajstić information content (AvgIpc) is 2.71. The molecule has 0 aromatic carbocycles. The topological polar surface area (TPSA) is 54.4 Å². The van der Waals surface area contributed by atoms with Crippen molar-refractivity contribution in [2.75, 3.05) is 0 Å². The van der Waals surface area contributed by atoms with Gasteiger partial charge < -0.3 is 5.11 Å². The van der Waals surface area contributed by atoms with Crippen molar-refractivity contribution in [2.45, 2.75) is 113 Å². The van der Waals surface area contributed by atoms with Gasteiger partial charge in [0.15, 0.2) is 0 Å². The highest BCUT2D eigenvalue weighted by Gasteiger charge is 2.69. The summed E-state index contributed by atoms with van der Waals surface area (Å²) in [4.78, 5) is 25.6. The first kappa shape index (κ1) is 23.6. The molecule has 5 aliphatic rings. The maximum absolute atomic E-state index is 12.9. The summed E-state index contributed by atoms with van der Waals surface area (Å²) in [6.07, 6.45) is 12.3. The summed E-state index contributed by atoms with van der Waals surface area (Å²) in [5, 5.41) is 10.5. The molecular weight excluding hydrogens is 408 g/mol. The van der Waals surface area contributed by atoms with Crippen molar-refractivity contribution < 1.29 is 14.7 Å². The van der Waals surface area contributed by atoms with Crippen LogP contribution in [0.5, 0.6) is 0 Å². The second-order valence-corrected chi connectivity index (χ2v) is 14.8. The second-order valence-electron chi connectivity index (χ2n) is 14.8.